The minimum Gasteiger partial charge on any atom is -0.393 e. The molecular weight excluding hydrogens is 150 g/mol. The first-order chi connectivity index (χ1) is 4.22. The van der Waals surface area contributed by atoms with Crippen LogP contribution in [0.5, 0.6) is 0 Å². The van der Waals surface area contributed by atoms with Gasteiger partial charge >= 0.3 is 0 Å². The molecule has 62 valence electrons. The lowest BCUT2D eigenvalue weighted by atomic mass is 9.84. The van der Waals surface area contributed by atoms with Crippen molar-refractivity contribution in [2.45, 2.75) is 38.3 Å². The molecule has 0 aromatic carbocycles. The van der Waals surface area contributed by atoms with Crippen molar-refractivity contribution in [2.75, 3.05) is 0 Å². The summed E-state index contributed by atoms with van der Waals surface area (Å²) < 4.78 is 0. The predicted molar refractivity (Wildman–Crippen MR) is 44.2 cm³/mol. The van der Waals surface area contributed by atoms with Gasteiger partial charge in [0.15, 0.2) is 0 Å². The summed E-state index contributed by atoms with van der Waals surface area (Å²) in [6.45, 7) is 2.02. The normalized spacial score (nSPS) is 40.5. The van der Waals surface area contributed by atoms with Crippen molar-refractivity contribution in [3.8, 4) is 0 Å². The summed E-state index contributed by atoms with van der Waals surface area (Å²) in [7, 11) is 0. The lowest BCUT2D eigenvalue weighted by Gasteiger charge is -2.29. The number of hydrogen-bond acceptors (Lipinski definition) is 2. The summed E-state index contributed by atoms with van der Waals surface area (Å²) >= 11 is 0. The summed E-state index contributed by atoms with van der Waals surface area (Å²) in [4.78, 5) is 0. The van der Waals surface area contributed by atoms with Crippen LogP contribution in [0.2, 0.25) is 0 Å². The van der Waals surface area contributed by atoms with Gasteiger partial charge < -0.3 is 10.8 Å². The van der Waals surface area contributed by atoms with Gasteiger partial charge in [0, 0.05) is 6.04 Å². The molecule has 3 atom stereocenters. The Morgan fingerprint density at radius 1 is 1.40 bits per heavy atom. The van der Waals surface area contributed by atoms with Gasteiger partial charge in [-0.1, -0.05) is 6.92 Å². The monoisotopic (exact) mass is 165 g/mol. The molecule has 2 nitrogen and oxygen atoms in total. The van der Waals surface area contributed by atoms with E-state index < -0.39 is 0 Å². The molecule has 0 spiro atoms. The second-order valence-corrected chi connectivity index (χ2v) is 3.02. The van der Waals surface area contributed by atoms with Gasteiger partial charge in [-0.05, 0) is 25.2 Å². The Hall–Kier alpha value is 0.210. The van der Waals surface area contributed by atoms with Crippen LogP contribution in [0.3, 0.4) is 0 Å². The highest BCUT2D eigenvalue weighted by Crippen LogP contribution is 2.22. The second kappa shape index (κ2) is 4.16. The molecule has 3 unspecified atom stereocenters. The standard InChI is InChI=1S/C7H15NO.ClH/c1-5-6(8)3-2-4-7(5)9;/h5-7,9H,2-4,8H2,1H3;1H. The van der Waals surface area contributed by atoms with Crippen LogP contribution in [0.1, 0.15) is 26.2 Å². The van der Waals surface area contributed by atoms with E-state index in [4.69, 9.17) is 5.73 Å². The maximum atomic E-state index is 9.27. The number of aliphatic hydroxyl groups is 1. The topological polar surface area (TPSA) is 46.2 Å². The minimum absolute atomic E-state index is 0. The number of hydrogen-bond donors (Lipinski definition) is 2. The van der Waals surface area contributed by atoms with Gasteiger partial charge in [-0.2, -0.15) is 0 Å². The zero-order valence-corrected chi connectivity index (χ0v) is 7.10. The smallest absolute Gasteiger partial charge is 0.0580 e. The van der Waals surface area contributed by atoms with E-state index in [0.717, 1.165) is 19.3 Å². The maximum Gasteiger partial charge on any atom is 0.0580 e. The molecule has 1 rings (SSSR count). The predicted octanol–water partition coefficient (Wildman–Crippen LogP) is 0.916. The van der Waals surface area contributed by atoms with Crippen molar-refractivity contribution in [1.82, 2.24) is 0 Å². The summed E-state index contributed by atoms with van der Waals surface area (Å²) in [6.07, 6.45) is 2.97. The summed E-state index contributed by atoms with van der Waals surface area (Å²) in [5, 5.41) is 9.27. The number of nitrogens with two attached hydrogens (primary N) is 1. The van der Waals surface area contributed by atoms with E-state index in [0.29, 0.717) is 5.92 Å². The molecule has 0 aromatic heterocycles. The average molecular weight is 166 g/mol. The Labute approximate surface area is 68.2 Å². The zero-order valence-electron chi connectivity index (χ0n) is 6.29. The highest BCUT2D eigenvalue weighted by atomic mass is 35.5. The fraction of sp³-hybridized carbons (Fsp3) is 1.00. The Balaban J connectivity index is 0.000000810. The van der Waals surface area contributed by atoms with E-state index in [1.54, 1.807) is 0 Å². The lowest BCUT2D eigenvalue weighted by Crippen LogP contribution is -2.39. The van der Waals surface area contributed by atoms with E-state index >= 15 is 0 Å². The fourth-order valence-corrected chi connectivity index (χ4v) is 1.37. The number of halogens is 1. The quantitative estimate of drug-likeness (QED) is 0.561. The highest BCUT2D eigenvalue weighted by Gasteiger charge is 2.24. The molecule has 0 amide bonds. The van der Waals surface area contributed by atoms with Crippen molar-refractivity contribution in [3.05, 3.63) is 0 Å². The molecular formula is C7H16ClNO. The first-order valence-electron chi connectivity index (χ1n) is 3.65. The van der Waals surface area contributed by atoms with Crippen molar-refractivity contribution in [2.24, 2.45) is 11.7 Å². The molecule has 1 fully saturated rings. The molecule has 0 heterocycles. The highest BCUT2D eigenvalue weighted by molar-refractivity contribution is 5.85. The van der Waals surface area contributed by atoms with E-state index in [1.807, 2.05) is 6.92 Å². The molecule has 1 aliphatic rings. The van der Waals surface area contributed by atoms with Gasteiger partial charge in [0.1, 0.15) is 0 Å². The average Bonchev–Trinajstić information content (AvgIpc) is 1.83. The summed E-state index contributed by atoms with van der Waals surface area (Å²) in [6, 6.07) is 0.230. The second-order valence-electron chi connectivity index (χ2n) is 3.02. The van der Waals surface area contributed by atoms with Gasteiger partial charge in [0.25, 0.3) is 0 Å². The van der Waals surface area contributed by atoms with Crippen molar-refractivity contribution in [1.29, 1.82) is 0 Å². The zero-order chi connectivity index (χ0) is 6.85. The summed E-state index contributed by atoms with van der Waals surface area (Å²) in [5.41, 5.74) is 5.71. The third kappa shape index (κ3) is 2.11. The molecule has 0 aliphatic heterocycles. The maximum absolute atomic E-state index is 9.27. The van der Waals surface area contributed by atoms with Crippen LogP contribution >= 0.6 is 12.4 Å². The third-order valence-corrected chi connectivity index (χ3v) is 2.32. The Bertz CT molecular complexity index is 89.6. The molecule has 0 saturated heterocycles. The van der Waals surface area contributed by atoms with Crippen molar-refractivity contribution < 1.29 is 5.11 Å². The van der Waals surface area contributed by atoms with Crippen LogP contribution in [0, 0.1) is 5.92 Å². The molecule has 3 N–H and O–H groups in total. The van der Waals surface area contributed by atoms with Crippen molar-refractivity contribution >= 4 is 12.4 Å². The van der Waals surface area contributed by atoms with Crippen LogP contribution < -0.4 is 5.73 Å². The van der Waals surface area contributed by atoms with Crippen LogP contribution in [0.15, 0.2) is 0 Å². The van der Waals surface area contributed by atoms with Gasteiger partial charge in [-0.15, -0.1) is 12.4 Å². The minimum atomic E-state index is -0.145. The van der Waals surface area contributed by atoms with E-state index in [9.17, 15) is 5.11 Å². The largest absolute Gasteiger partial charge is 0.393 e. The molecule has 1 aliphatic carbocycles. The van der Waals surface area contributed by atoms with E-state index in [2.05, 4.69) is 0 Å². The number of rotatable bonds is 0. The van der Waals surface area contributed by atoms with Crippen LogP contribution in [0.4, 0.5) is 0 Å². The Morgan fingerprint density at radius 3 is 2.40 bits per heavy atom. The molecule has 0 aromatic rings. The van der Waals surface area contributed by atoms with Crippen LogP contribution in [0.25, 0.3) is 0 Å². The summed E-state index contributed by atoms with van der Waals surface area (Å²) in [5.74, 6) is 0.304. The van der Waals surface area contributed by atoms with E-state index in [-0.39, 0.29) is 24.6 Å². The van der Waals surface area contributed by atoms with Crippen LogP contribution in [-0.2, 0) is 0 Å². The van der Waals surface area contributed by atoms with Gasteiger partial charge in [-0.25, -0.2) is 0 Å². The first kappa shape index (κ1) is 10.2. The van der Waals surface area contributed by atoms with Gasteiger partial charge in [0.2, 0.25) is 0 Å². The molecule has 10 heavy (non-hydrogen) atoms. The number of aliphatic hydroxyl groups excluding tert-OH is 1. The molecule has 0 radical (unpaired) electrons. The first-order valence-corrected chi connectivity index (χ1v) is 3.65. The fourth-order valence-electron chi connectivity index (χ4n) is 1.37. The Morgan fingerprint density at radius 2 is 2.00 bits per heavy atom. The van der Waals surface area contributed by atoms with Gasteiger partial charge in [0.05, 0.1) is 6.10 Å². The lowest BCUT2D eigenvalue weighted by molar-refractivity contribution is 0.0671. The van der Waals surface area contributed by atoms with Crippen molar-refractivity contribution in [3.63, 3.8) is 0 Å². The van der Waals surface area contributed by atoms with Gasteiger partial charge in [-0.3, -0.25) is 0 Å². The molecule has 1 saturated carbocycles. The molecule has 0 bridgehead atoms. The van der Waals surface area contributed by atoms with Crippen LogP contribution in [-0.4, -0.2) is 17.3 Å². The molecule has 3 heteroatoms. The van der Waals surface area contributed by atoms with E-state index in [1.165, 1.54) is 0 Å². The Kier molecular flexibility index (Phi) is 4.25. The third-order valence-electron chi connectivity index (χ3n) is 2.32. The SMILES string of the molecule is CC1C(N)CCCC1O.Cl.